The van der Waals surface area contributed by atoms with Crippen LogP contribution >= 0.6 is 0 Å². The average Bonchev–Trinajstić information content (AvgIpc) is 2.36. The molecule has 1 aromatic carbocycles. The molecule has 0 unspecified atom stereocenters. The Labute approximate surface area is 110 Å². The van der Waals surface area contributed by atoms with Gasteiger partial charge in [0, 0.05) is 23.6 Å². The molecule has 1 saturated carbocycles. The van der Waals surface area contributed by atoms with Gasteiger partial charge in [0.25, 0.3) is 5.69 Å². The Hall–Kier alpha value is -2.24. The lowest BCUT2D eigenvalue weighted by molar-refractivity contribution is -0.384. The number of hydrogen-bond donors (Lipinski definition) is 1. The Bertz CT molecular complexity index is 638. The summed E-state index contributed by atoms with van der Waals surface area (Å²) in [6.07, 6.45) is 3.71. The second-order valence-corrected chi connectivity index (χ2v) is 5.10. The molecule has 0 saturated heterocycles. The Morgan fingerprint density at radius 1 is 1.37 bits per heavy atom. The molecule has 1 aliphatic carbocycles. The van der Waals surface area contributed by atoms with Crippen LogP contribution in [-0.4, -0.2) is 20.9 Å². The quantitative estimate of drug-likeness (QED) is 0.676. The van der Waals surface area contributed by atoms with Crippen LogP contribution in [0.4, 0.5) is 11.5 Å². The maximum atomic E-state index is 10.8. The van der Waals surface area contributed by atoms with Gasteiger partial charge in [-0.1, -0.05) is 6.92 Å². The predicted octanol–water partition coefficient (Wildman–Crippen LogP) is 2.75. The first-order valence-electron chi connectivity index (χ1n) is 6.29. The van der Waals surface area contributed by atoms with E-state index >= 15 is 0 Å². The Morgan fingerprint density at radius 2 is 2.16 bits per heavy atom. The number of hydrogen-bond acceptors (Lipinski definition) is 5. The fourth-order valence-corrected chi connectivity index (χ4v) is 2.49. The lowest BCUT2D eigenvalue weighted by Gasteiger charge is -2.33. The van der Waals surface area contributed by atoms with Crippen LogP contribution in [-0.2, 0) is 0 Å². The lowest BCUT2D eigenvalue weighted by Crippen LogP contribution is -2.34. The molecule has 6 heteroatoms. The topological polar surface area (TPSA) is 81.0 Å². The van der Waals surface area contributed by atoms with E-state index in [2.05, 4.69) is 22.2 Å². The molecule has 0 bridgehead atoms. The van der Waals surface area contributed by atoms with Gasteiger partial charge in [0.2, 0.25) is 0 Å². The third-order valence-electron chi connectivity index (χ3n) is 3.54. The molecule has 1 heterocycles. The van der Waals surface area contributed by atoms with E-state index in [0.29, 0.717) is 17.2 Å². The summed E-state index contributed by atoms with van der Waals surface area (Å²) in [5.74, 6) is 1.42. The summed E-state index contributed by atoms with van der Waals surface area (Å²) in [4.78, 5) is 18.8. The van der Waals surface area contributed by atoms with Crippen molar-refractivity contribution in [2.24, 2.45) is 5.92 Å². The van der Waals surface area contributed by atoms with Gasteiger partial charge in [-0.2, -0.15) is 0 Å². The zero-order chi connectivity index (χ0) is 13.4. The normalized spacial score (nSPS) is 21.9. The number of non-ortho nitro benzene ring substituents is 1. The van der Waals surface area contributed by atoms with Gasteiger partial charge < -0.3 is 5.32 Å². The first-order chi connectivity index (χ1) is 9.13. The van der Waals surface area contributed by atoms with Crippen molar-refractivity contribution in [2.45, 2.75) is 25.8 Å². The fraction of sp³-hybridized carbons (Fsp3) is 0.385. The van der Waals surface area contributed by atoms with E-state index in [1.165, 1.54) is 18.5 Å². The molecule has 0 amide bonds. The smallest absolute Gasteiger partial charge is 0.270 e. The third-order valence-corrected chi connectivity index (χ3v) is 3.54. The van der Waals surface area contributed by atoms with E-state index in [-0.39, 0.29) is 5.69 Å². The number of nitrogens with one attached hydrogen (secondary N) is 1. The summed E-state index contributed by atoms with van der Waals surface area (Å²) in [5, 5.41) is 14.9. The van der Waals surface area contributed by atoms with Crippen molar-refractivity contribution in [2.75, 3.05) is 5.32 Å². The van der Waals surface area contributed by atoms with Crippen LogP contribution in [0.3, 0.4) is 0 Å². The molecule has 19 heavy (non-hydrogen) atoms. The standard InChI is InChI=1S/C13H14N4O2/c1-8-4-9(5-8)16-13-11-6-10(17(18)19)2-3-12(11)14-7-15-13/h2-3,6-9H,4-5H2,1H3,(H,14,15,16). The molecule has 1 N–H and O–H groups in total. The molecular formula is C13H14N4O2. The predicted molar refractivity (Wildman–Crippen MR) is 72.0 cm³/mol. The largest absolute Gasteiger partial charge is 0.367 e. The van der Waals surface area contributed by atoms with Crippen molar-refractivity contribution in [1.82, 2.24) is 9.97 Å². The number of benzene rings is 1. The van der Waals surface area contributed by atoms with Crippen LogP contribution in [0.2, 0.25) is 0 Å². The van der Waals surface area contributed by atoms with Gasteiger partial charge in [-0.05, 0) is 24.8 Å². The van der Waals surface area contributed by atoms with E-state index in [1.807, 2.05) is 0 Å². The highest BCUT2D eigenvalue weighted by molar-refractivity contribution is 5.90. The maximum absolute atomic E-state index is 10.8. The summed E-state index contributed by atoms with van der Waals surface area (Å²) in [6.45, 7) is 2.21. The van der Waals surface area contributed by atoms with E-state index in [0.717, 1.165) is 24.3 Å². The van der Waals surface area contributed by atoms with Gasteiger partial charge in [-0.3, -0.25) is 10.1 Å². The van der Waals surface area contributed by atoms with E-state index in [1.54, 1.807) is 6.07 Å². The number of nitrogens with zero attached hydrogens (tertiary/aromatic N) is 3. The van der Waals surface area contributed by atoms with E-state index in [9.17, 15) is 10.1 Å². The first-order valence-corrected chi connectivity index (χ1v) is 6.29. The van der Waals surface area contributed by atoms with Gasteiger partial charge in [-0.15, -0.1) is 0 Å². The number of fused-ring (bicyclic) bond motifs is 1. The molecule has 98 valence electrons. The molecule has 0 aliphatic heterocycles. The highest BCUT2D eigenvalue weighted by atomic mass is 16.6. The van der Waals surface area contributed by atoms with Crippen molar-refractivity contribution in [1.29, 1.82) is 0 Å². The number of aromatic nitrogens is 2. The Balaban J connectivity index is 1.98. The van der Waals surface area contributed by atoms with Gasteiger partial charge in [-0.25, -0.2) is 9.97 Å². The molecule has 1 aliphatic rings. The van der Waals surface area contributed by atoms with Crippen molar-refractivity contribution in [3.63, 3.8) is 0 Å². The molecule has 0 atom stereocenters. The van der Waals surface area contributed by atoms with Crippen LogP contribution in [0, 0.1) is 16.0 Å². The van der Waals surface area contributed by atoms with Crippen LogP contribution in [0.25, 0.3) is 10.9 Å². The molecule has 2 aromatic rings. The fourth-order valence-electron chi connectivity index (χ4n) is 2.49. The number of nitro groups is 1. The second-order valence-electron chi connectivity index (χ2n) is 5.10. The van der Waals surface area contributed by atoms with Crippen molar-refractivity contribution in [3.8, 4) is 0 Å². The van der Waals surface area contributed by atoms with Gasteiger partial charge in [0.1, 0.15) is 12.1 Å². The maximum Gasteiger partial charge on any atom is 0.270 e. The summed E-state index contributed by atoms with van der Waals surface area (Å²) < 4.78 is 0. The number of anilines is 1. The van der Waals surface area contributed by atoms with Crippen molar-refractivity contribution < 1.29 is 4.92 Å². The van der Waals surface area contributed by atoms with E-state index < -0.39 is 4.92 Å². The van der Waals surface area contributed by atoms with E-state index in [4.69, 9.17) is 0 Å². The zero-order valence-corrected chi connectivity index (χ0v) is 10.5. The molecule has 0 radical (unpaired) electrons. The van der Waals surface area contributed by atoms with Crippen LogP contribution < -0.4 is 5.32 Å². The third kappa shape index (κ3) is 2.21. The van der Waals surface area contributed by atoms with Gasteiger partial charge >= 0.3 is 0 Å². The Kier molecular flexibility index (Phi) is 2.77. The van der Waals surface area contributed by atoms with Gasteiger partial charge in [0.15, 0.2) is 0 Å². The van der Waals surface area contributed by atoms with Gasteiger partial charge in [0.05, 0.1) is 10.4 Å². The van der Waals surface area contributed by atoms with Crippen molar-refractivity contribution >= 4 is 22.4 Å². The zero-order valence-electron chi connectivity index (χ0n) is 10.5. The summed E-state index contributed by atoms with van der Waals surface area (Å²) in [6, 6.07) is 5.06. The number of nitro benzene ring substituents is 1. The highest BCUT2D eigenvalue weighted by Crippen LogP contribution is 2.31. The second kappa shape index (κ2) is 4.46. The highest BCUT2D eigenvalue weighted by Gasteiger charge is 2.26. The molecular weight excluding hydrogens is 244 g/mol. The molecule has 3 rings (SSSR count). The molecule has 1 fully saturated rings. The summed E-state index contributed by atoms with van der Waals surface area (Å²) >= 11 is 0. The minimum atomic E-state index is -0.401. The minimum absolute atomic E-state index is 0.0623. The lowest BCUT2D eigenvalue weighted by atomic mass is 9.82. The average molecular weight is 258 g/mol. The minimum Gasteiger partial charge on any atom is -0.367 e. The van der Waals surface area contributed by atoms with Crippen molar-refractivity contribution in [3.05, 3.63) is 34.6 Å². The Morgan fingerprint density at radius 3 is 2.84 bits per heavy atom. The SMILES string of the molecule is CC1CC(Nc2ncnc3ccc([N+](=O)[O-])cc23)C1. The molecule has 1 aromatic heterocycles. The monoisotopic (exact) mass is 258 g/mol. The van der Waals surface area contributed by atoms with Crippen LogP contribution in [0.15, 0.2) is 24.5 Å². The first kappa shape index (κ1) is 11.8. The van der Waals surface area contributed by atoms with Crippen LogP contribution in [0.1, 0.15) is 19.8 Å². The molecule has 6 nitrogen and oxygen atoms in total. The molecule has 0 spiro atoms. The summed E-state index contributed by atoms with van der Waals surface area (Å²) in [7, 11) is 0. The summed E-state index contributed by atoms with van der Waals surface area (Å²) in [5.41, 5.74) is 0.780. The van der Waals surface area contributed by atoms with Crippen LogP contribution in [0.5, 0.6) is 0 Å². The number of rotatable bonds is 3.